The third-order valence-electron chi connectivity index (χ3n) is 3.85. The topological polar surface area (TPSA) is 75.6 Å². The number of rotatable bonds is 5. The lowest BCUT2D eigenvalue weighted by atomic mass is 9.92. The molecule has 21 heavy (non-hydrogen) atoms. The van der Waals surface area contributed by atoms with Crippen molar-refractivity contribution in [2.45, 2.75) is 37.6 Å². The molecule has 0 unspecified atom stereocenters. The van der Waals surface area contributed by atoms with Gasteiger partial charge in [0.1, 0.15) is 5.75 Å². The van der Waals surface area contributed by atoms with Crippen molar-refractivity contribution in [3.05, 3.63) is 28.2 Å². The number of nitrogens with one attached hydrogen (secondary N) is 1. The number of methoxy groups -OCH3 is 1. The van der Waals surface area contributed by atoms with E-state index in [0.29, 0.717) is 28.6 Å². The van der Waals surface area contributed by atoms with Gasteiger partial charge in [-0.1, -0.05) is 12.8 Å². The molecule has 1 aromatic carbocycles. The molecule has 1 aliphatic rings. The molecule has 1 saturated carbocycles. The van der Waals surface area contributed by atoms with Gasteiger partial charge < -0.3 is 15.2 Å². The molecule has 0 spiro atoms. The van der Waals surface area contributed by atoms with Gasteiger partial charge in [-0.2, -0.15) is 0 Å². The number of hydrogen-bond donors (Lipinski definition) is 2. The number of hydrogen-bond acceptors (Lipinski definition) is 3. The molecule has 1 aliphatic carbocycles. The van der Waals surface area contributed by atoms with Crippen LogP contribution in [0.15, 0.2) is 22.7 Å². The minimum atomic E-state index is -0.887. The Bertz CT molecular complexity index is 553. The Hall–Kier alpha value is -1.56. The van der Waals surface area contributed by atoms with E-state index in [4.69, 9.17) is 9.84 Å². The zero-order chi connectivity index (χ0) is 15.5. The van der Waals surface area contributed by atoms with Gasteiger partial charge in [0.25, 0.3) is 5.91 Å². The Balaban J connectivity index is 2.21. The molecule has 2 rings (SSSR count). The van der Waals surface area contributed by atoms with E-state index in [1.165, 1.54) is 7.11 Å². The number of carbonyl (C=O) groups is 2. The Kier molecular flexibility index (Phi) is 4.88. The van der Waals surface area contributed by atoms with Gasteiger partial charge >= 0.3 is 5.97 Å². The van der Waals surface area contributed by atoms with Crippen LogP contribution in [0.1, 0.15) is 42.5 Å². The number of halogens is 1. The maximum Gasteiger partial charge on any atom is 0.305 e. The fourth-order valence-corrected chi connectivity index (χ4v) is 3.23. The normalized spacial score (nSPS) is 16.5. The monoisotopic (exact) mass is 355 g/mol. The molecule has 1 fully saturated rings. The highest BCUT2D eigenvalue weighted by Gasteiger charge is 2.37. The van der Waals surface area contributed by atoms with Crippen LogP contribution in [0.5, 0.6) is 5.75 Å². The van der Waals surface area contributed by atoms with Crippen molar-refractivity contribution in [1.29, 1.82) is 0 Å². The van der Waals surface area contributed by atoms with E-state index < -0.39 is 11.5 Å². The largest absolute Gasteiger partial charge is 0.497 e. The number of carboxylic acid groups (broad SMARTS) is 1. The quantitative estimate of drug-likeness (QED) is 0.851. The van der Waals surface area contributed by atoms with Gasteiger partial charge in [0.15, 0.2) is 0 Å². The number of carbonyl (C=O) groups excluding carboxylic acids is 1. The minimum absolute atomic E-state index is 0.0413. The van der Waals surface area contributed by atoms with Gasteiger partial charge in [-0.3, -0.25) is 9.59 Å². The van der Waals surface area contributed by atoms with Crippen molar-refractivity contribution in [2.24, 2.45) is 0 Å². The van der Waals surface area contributed by atoms with Gasteiger partial charge in [-0.05, 0) is 47.0 Å². The molecule has 0 aliphatic heterocycles. The van der Waals surface area contributed by atoms with E-state index in [-0.39, 0.29) is 12.3 Å². The first kappa shape index (κ1) is 15.8. The molecular weight excluding hydrogens is 338 g/mol. The molecular formula is C15H18BrNO4. The van der Waals surface area contributed by atoms with Crippen LogP contribution in [0.3, 0.4) is 0 Å². The van der Waals surface area contributed by atoms with Gasteiger partial charge in [0, 0.05) is 4.47 Å². The van der Waals surface area contributed by atoms with Gasteiger partial charge in [0.05, 0.1) is 24.6 Å². The fourth-order valence-electron chi connectivity index (χ4n) is 2.80. The zero-order valence-corrected chi connectivity index (χ0v) is 13.4. The maximum atomic E-state index is 12.5. The van der Waals surface area contributed by atoms with Crippen LogP contribution < -0.4 is 10.1 Å². The smallest absolute Gasteiger partial charge is 0.305 e. The van der Waals surface area contributed by atoms with E-state index in [9.17, 15) is 9.59 Å². The van der Waals surface area contributed by atoms with Crippen LogP contribution in [-0.2, 0) is 4.79 Å². The van der Waals surface area contributed by atoms with Crippen LogP contribution in [0, 0.1) is 0 Å². The Morgan fingerprint density at radius 2 is 2.05 bits per heavy atom. The number of amides is 1. The summed E-state index contributed by atoms with van der Waals surface area (Å²) >= 11 is 3.35. The average molecular weight is 356 g/mol. The summed E-state index contributed by atoms with van der Waals surface area (Å²) in [6, 6.07) is 5.14. The predicted molar refractivity (Wildman–Crippen MR) is 81.6 cm³/mol. The second-order valence-corrected chi connectivity index (χ2v) is 6.21. The predicted octanol–water partition coefficient (Wildman–Crippen LogP) is 2.98. The van der Waals surface area contributed by atoms with Gasteiger partial charge in [0.2, 0.25) is 0 Å². The summed E-state index contributed by atoms with van der Waals surface area (Å²) in [4.78, 5) is 23.6. The molecule has 0 aromatic heterocycles. The summed E-state index contributed by atoms with van der Waals surface area (Å²) in [5, 5.41) is 12.0. The molecule has 2 N–H and O–H groups in total. The third kappa shape index (κ3) is 3.75. The molecule has 0 atom stereocenters. The van der Waals surface area contributed by atoms with Crippen molar-refractivity contribution < 1.29 is 19.4 Å². The van der Waals surface area contributed by atoms with Crippen LogP contribution in [-0.4, -0.2) is 29.6 Å². The summed E-state index contributed by atoms with van der Waals surface area (Å²) in [7, 11) is 1.54. The summed E-state index contributed by atoms with van der Waals surface area (Å²) in [5.41, 5.74) is -0.183. The molecule has 114 valence electrons. The van der Waals surface area contributed by atoms with E-state index in [1.54, 1.807) is 18.2 Å². The SMILES string of the molecule is COc1ccc(Br)c(C(=O)NC2(CC(=O)O)CCCC2)c1. The van der Waals surface area contributed by atoms with Crippen LogP contribution in [0.25, 0.3) is 0 Å². The number of benzene rings is 1. The number of carboxylic acids is 1. The lowest BCUT2D eigenvalue weighted by Gasteiger charge is -2.29. The van der Waals surface area contributed by atoms with Crippen molar-refractivity contribution >= 4 is 27.8 Å². The lowest BCUT2D eigenvalue weighted by Crippen LogP contribution is -2.47. The number of ether oxygens (including phenoxy) is 1. The van der Waals surface area contributed by atoms with E-state index >= 15 is 0 Å². The summed E-state index contributed by atoms with van der Waals surface area (Å²) in [5.74, 6) is -0.576. The molecule has 1 amide bonds. The second-order valence-electron chi connectivity index (χ2n) is 5.36. The molecule has 0 heterocycles. The first-order valence-corrected chi connectivity index (χ1v) is 7.63. The van der Waals surface area contributed by atoms with Crippen LogP contribution >= 0.6 is 15.9 Å². The molecule has 5 nitrogen and oxygen atoms in total. The van der Waals surface area contributed by atoms with Crippen LogP contribution in [0.4, 0.5) is 0 Å². The Labute approximate surface area is 131 Å². The van der Waals surface area contributed by atoms with Crippen molar-refractivity contribution in [3.63, 3.8) is 0 Å². The highest BCUT2D eigenvalue weighted by molar-refractivity contribution is 9.10. The van der Waals surface area contributed by atoms with Crippen molar-refractivity contribution in [1.82, 2.24) is 5.32 Å². The fraction of sp³-hybridized carbons (Fsp3) is 0.467. The highest BCUT2D eigenvalue weighted by Crippen LogP contribution is 2.33. The highest BCUT2D eigenvalue weighted by atomic mass is 79.9. The second kappa shape index (κ2) is 6.47. The Morgan fingerprint density at radius 3 is 2.62 bits per heavy atom. The van der Waals surface area contributed by atoms with E-state index in [1.807, 2.05) is 0 Å². The maximum absolute atomic E-state index is 12.5. The Morgan fingerprint density at radius 1 is 1.38 bits per heavy atom. The molecule has 6 heteroatoms. The lowest BCUT2D eigenvalue weighted by molar-refractivity contribution is -0.138. The summed E-state index contributed by atoms with van der Waals surface area (Å²) in [6.07, 6.45) is 3.24. The van der Waals surface area contributed by atoms with Crippen LogP contribution in [0.2, 0.25) is 0 Å². The first-order valence-electron chi connectivity index (χ1n) is 6.84. The molecule has 0 radical (unpaired) electrons. The van der Waals surface area contributed by atoms with Gasteiger partial charge in [-0.15, -0.1) is 0 Å². The third-order valence-corrected chi connectivity index (χ3v) is 4.54. The standard InChI is InChI=1S/C15H18BrNO4/c1-21-10-4-5-12(16)11(8-10)14(20)17-15(9-13(18)19)6-2-3-7-15/h4-5,8H,2-3,6-7,9H2,1H3,(H,17,20)(H,18,19). The van der Waals surface area contributed by atoms with Gasteiger partial charge in [-0.25, -0.2) is 0 Å². The van der Waals surface area contributed by atoms with Crippen molar-refractivity contribution in [2.75, 3.05) is 7.11 Å². The molecule has 1 aromatic rings. The van der Waals surface area contributed by atoms with Crippen molar-refractivity contribution in [3.8, 4) is 5.75 Å². The number of aliphatic carboxylic acids is 1. The minimum Gasteiger partial charge on any atom is -0.497 e. The molecule has 0 saturated heterocycles. The molecule has 0 bridgehead atoms. The van der Waals surface area contributed by atoms with E-state index in [2.05, 4.69) is 21.2 Å². The van der Waals surface area contributed by atoms with E-state index in [0.717, 1.165) is 12.8 Å². The average Bonchev–Trinajstić information content (AvgIpc) is 2.86. The summed E-state index contributed by atoms with van der Waals surface area (Å²) < 4.78 is 5.78. The zero-order valence-electron chi connectivity index (χ0n) is 11.8. The summed E-state index contributed by atoms with van der Waals surface area (Å²) in [6.45, 7) is 0. The first-order chi connectivity index (χ1) is 9.96.